The third-order valence-electron chi connectivity index (χ3n) is 3.16. The first-order valence-corrected chi connectivity index (χ1v) is 7.05. The van der Waals surface area contributed by atoms with Gasteiger partial charge in [-0.1, -0.05) is 35.9 Å². The molecular weight excluding hydrogens is 307 g/mol. The van der Waals surface area contributed by atoms with Gasteiger partial charge in [-0.3, -0.25) is 0 Å². The molecule has 2 aromatic carbocycles. The minimum absolute atomic E-state index is 0.0713. The second-order valence-electron chi connectivity index (χ2n) is 4.86. The number of para-hydroxylation sites is 1. The number of halogens is 2. The minimum Gasteiger partial charge on any atom is -0.387 e. The Labute approximate surface area is 133 Å². The third-order valence-corrected chi connectivity index (χ3v) is 3.49. The van der Waals surface area contributed by atoms with Crippen LogP contribution >= 0.6 is 11.6 Å². The van der Waals surface area contributed by atoms with Gasteiger partial charge >= 0.3 is 6.03 Å². The number of benzene rings is 2. The standard InChI is InChI=1S/C16H16ClFN2O2/c1-20(10-15(21)11-6-8-12(18)9-7-11)16(22)19-14-5-3-2-4-13(14)17/h2-9,15,21H,10H2,1H3,(H,19,22)/t15-/m0/s1. The zero-order chi connectivity index (χ0) is 16.1. The van der Waals surface area contributed by atoms with Gasteiger partial charge in [0.2, 0.25) is 0 Å². The Bertz CT molecular complexity index is 649. The number of aliphatic hydroxyl groups excluding tert-OH is 1. The van der Waals surface area contributed by atoms with E-state index in [1.54, 1.807) is 31.3 Å². The fourth-order valence-corrected chi connectivity index (χ4v) is 2.09. The number of nitrogens with zero attached hydrogens (tertiary/aromatic N) is 1. The largest absolute Gasteiger partial charge is 0.387 e. The molecule has 0 radical (unpaired) electrons. The van der Waals surface area contributed by atoms with Gasteiger partial charge < -0.3 is 15.3 Å². The maximum Gasteiger partial charge on any atom is 0.321 e. The monoisotopic (exact) mass is 322 g/mol. The SMILES string of the molecule is CN(C[C@H](O)c1ccc(F)cc1)C(=O)Nc1ccccc1Cl. The molecule has 0 aromatic heterocycles. The van der Waals surface area contributed by atoms with Crippen LogP contribution in [0.3, 0.4) is 0 Å². The fourth-order valence-electron chi connectivity index (χ4n) is 1.91. The number of amides is 2. The normalized spacial score (nSPS) is 11.8. The topological polar surface area (TPSA) is 52.6 Å². The number of hydrogen-bond donors (Lipinski definition) is 2. The van der Waals surface area contributed by atoms with E-state index in [1.807, 2.05) is 0 Å². The van der Waals surface area contributed by atoms with E-state index >= 15 is 0 Å². The number of hydrogen-bond acceptors (Lipinski definition) is 2. The van der Waals surface area contributed by atoms with E-state index < -0.39 is 12.1 Å². The van der Waals surface area contributed by atoms with Crippen LogP contribution in [0.1, 0.15) is 11.7 Å². The van der Waals surface area contributed by atoms with E-state index in [2.05, 4.69) is 5.32 Å². The summed E-state index contributed by atoms with van der Waals surface area (Å²) < 4.78 is 12.9. The van der Waals surface area contributed by atoms with E-state index in [-0.39, 0.29) is 12.4 Å². The molecule has 2 amide bonds. The van der Waals surface area contributed by atoms with Crippen molar-refractivity contribution < 1.29 is 14.3 Å². The van der Waals surface area contributed by atoms with Crippen molar-refractivity contribution in [3.63, 3.8) is 0 Å². The maximum absolute atomic E-state index is 12.9. The molecule has 0 bridgehead atoms. The van der Waals surface area contributed by atoms with E-state index in [4.69, 9.17) is 11.6 Å². The van der Waals surface area contributed by atoms with Crippen molar-refractivity contribution in [3.8, 4) is 0 Å². The molecule has 0 aliphatic carbocycles. The van der Waals surface area contributed by atoms with Crippen LogP contribution in [-0.4, -0.2) is 29.6 Å². The maximum atomic E-state index is 12.9. The summed E-state index contributed by atoms with van der Waals surface area (Å²) >= 11 is 5.97. The van der Waals surface area contributed by atoms with Crippen molar-refractivity contribution in [1.29, 1.82) is 0 Å². The molecule has 0 aliphatic heterocycles. The van der Waals surface area contributed by atoms with Crippen molar-refractivity contribution in [2.24, 2.45) is 0 Å². The Morgan fingerprint density at radius 3 is 2.55 bits per heavy atom. The molecule has 2 N–H and O–H groups in total. The lowest BCUT2D eigenvalue weighted by atomic mass is 10.1. The van der Waals surface area contributed by atoms with Crippen LogP contribution in [-0.2, 0) is 0 Å². The van der Waals surface area contributed by atoms with Gasteiger partial charge in [0, 0.05) is 7.05 Å². The van der Waals surface area contributed by atoms with Crippen molar-refractivity contribution >= 4 is 23.3 Å². The van der Waals surface area contributed by atoms with Gasteiger partial charge in [-0.05, 0) is 29.8 Å². The molecule has 0 saturated heterocycles. The number of carbonyl (C=O) groups is 1. The van der Waals surface area contributed by atoms with Crippen molar-refractivity contribution in [2.45, 2.75) is 6.10 Å². The lowest BCUT2D eigenvalue weighted by Gasteiger charge is -2.22. The molecule has 0 aliphatic rings. The first-order valence-electron chi connectivity index (χ1n) is 6.67. The molecule has 2 aromatic rings. The quantitative estimate of drug-likeness (QED) is 0.902. The van der Waals surface area contributed by atoms with E-state index in [1.165, 1.54) is 29.2 Å². The van der Waals surface area contributed by atoms with Crippen molar-refractivity contribution in [1.82, 2.24) is 4.90 Å². The minimum atomic E-state index is -0.900. The number of likely N-dealkylation sites (N-methyl/N-ethyl adjacent to an activating group) is 1. The third kappa shape index (κ3) is 4.19. The van der Waals surface area contributed by atoms with Gasteiger partial charge in [0.05, 0.1) is 23.4 Å². The highest BCUT2D eigenvalue weighted by Gasteiger charge is 2.16. The average molecular weight is 323 g/mol. The zero-order valence-electron chi connectivity index (χ0n) is 12.0. The first-order chi connectivity index (χ1) is 10.5. The van der Waals surface area contributed by atoms with E-state index in [0.29, 0.717) is 16.3 Å². The lowest BCUT2D eigenvalue weighted by molar-refractivity contribution is 0.136. The molecule has 1 atom stereocenters. The highest BCUT2D eigenvalue weighted by atomic mass is 35.5. The molecule has 6 heteroatoms. The van der Waals surface area contributed by atoms with E-state index in [9.17, 15) is 14.3 Å². The summed E-state index contributed by atoms with van der Waals surface area (Å²) in [6.45, 7) is 0.0713. The van der Waals surface area contributed by atoms with Crippen LogP contribution in [0, 0.1) is 5.82 Å². The summed E-state index contributed by atoms with van der Waals surface area (Å²) in [6, 6.07) is 12.0. The Hall–Kier alpha value is -2.11. The molecule has 22 heavy (non-hydrogen) atoms. The highest BCUT2D eigenvalue weighted by Crippen LogP contribution is 2.21. The highest BCUT2D eigenvalue weighted by molar-refractivity contribution is 6.33. The van der Waals surface area contributed by atoms with Gasteiger partial charge in [0.25, 0.3) is 0 Å². The van der Waals surface area contributed by atoms with Gasteiger partial charge in [0.15, 0.2) is 0 Å². The van der Waals surface area contributed by atoms with Gasteiger partial charge in [0.1, 0.15) is 5.82 Å². The summed E-state index contributed by atoms with van der Waals surface area (Å²) in [5, 5.41) is 13.2. The van der Waals surface area contributed by atoms with Gasteiger partial charge in [-0.25, -0.2) is 9.18 Å². The molecule has 0 saturated carbocycles. The second kappa shape index (κ2) is 7.24. The Balaban J connectivity index is 1.96. The molecule has 2 rings (SSSR count). The first kappa shape index (κ1) is 16.3. The molecular formula is C16H16ClFN2O2. The number of anilines is 1. The summed E-state index contributed by atoms with van der Waals surface area (Å²) in [7, 11) is 1.55. The summed E-state index contributed by atoms with van der Waals surface area (Å²) in [5.41, 5.74) is 1.04. The van der Waals surface area contributed by atoms with Crippen molar-refractivity contribution in [3.05, 3.63) is 64.9 Å². The average Bonchev–Trinajstić information content (AvgIpc) is 2.50. The number of rotatable bonds is 4. The number of aliphatic hydroxyl groups is 1. The predicted octanol–water partition coefficient (Wildman–Crippen LogP) is 3.68. The van der Waals surface area contributed by atoms with Crippen LogP contribution in [0.15, 0.2) is 48.5 Å². The van der Waals surface area contributed by atoms with Crippen LogP contribution < -0.4 is 5.32 Å². The molecule has 0 unspecified atom stereocenters. The van der Waals surface area contributed by atoms with Crippen LogP contribution in [0.25, 0.3) is 0 Å². The summed E-state index contributed by atoms with van der Waals surface area (Å²) in [5.74, 6) is -0.374. The number of carbonyl (C=O) groups excluding carboxylic acids is 1. The van der Waals surface area contributed by atoms with Gasteiger partial charge in [-0.15, -0.1) is 0 Å². The van der Waals surface area contributed by atoms with Crippen LogP contribution in [0.4, 0.5) is 14.9 Å². The number of urea groups is 1. The Morgan fingerprint density at radius 2 is 1.91 bits per heavy atom. The Kier molecular flexibility index (Phi) is 5.35. The van der Waals surface area contributed by atoms with Crippen LogP contribution in [0.5, 0.6) is 0 Å². The Morgan fingerprint density at radius 1 is 1.27 bits per heavy atom. The van der Waals surface area contributed by atoms with E-state index in [0.717, 1.165) is 0 Å². The molecule has 116 valence electrons. The lowest BCUT2D eigenvalue weighted by Crippen LogP contribution is -2.34. The molecule has 0 heterocycles. The fraction of sp³-hybridized carbons (Fsp3) is 0.188. The molecule has 0 fully saturated rings. The van der Waals surface area contributed by atoms with Crippen LogP contribution in [0.2, 0.25) is 5.02 Å². The molecule has 4 nitrogen and oxygen atoms in total. The second-order valence-corrected chi connectivity index (χ2v) is 5.27. The molecule has 0 spiro atoms. The summed E-state index contributed by atoms with van der Waals surface area (Å²) in [4.78, 5) is 13.4. The summed E-state index contributed by atoms with van der Waals surface area (Å²) in [6.07, 6.45) is -0.900. The predicted molar refractivity (Wildman–Crippen MR) is 84.5 cm³/mol. The zero-order valence-corrected chi connectivity index (χ0v) is 12.7. The van der Waals surface area contributed by atoms with Gasteiger partial charge in [-0.2, -0.15) is 0 Å². The number of nitrogens with one attached hydrogen (secondary N) is 1. The smallest absolute Gasteiger partial charge is 0.321 e. The van der Waals surface area contributed by atoms with Crippen molar-refractivity contribution in [2.75, 3.05) is 18.9 Å².